The Labute approximate surface area is 76.6 Å². The van der Waals surface area contributed by atoms with E-state index in [-0.39, 0.29) is 0 Å². The largest absolute Gasteiger partial charge is 0.359 e. The molecule has 1 rings (SSSR count). The van der Waals surface area contributed by atoms with Gasteiger partial charge in [-0.1, -0.05) is 6.92 Å². The second-order valence-corrected chi connectivity index (χ2v) is 3.20. The van der Waals surface area contributed by atoms with Crippen LogP contribution in [0.25, 0.3) is 0 Å². The minimum absolute atomic E-state index is 0.897. The summed E-state index contributed by atoms with van der Waals surface area (Å²) < 4.78 is 3.88. The molecule has 1 aromatic rings. The Hall–Kier alpha value is -0.680. The predicted molar refractivity (Wildman–Crippen MR) is 51.6 cm³/mol. The number of hydrogen-bond donors (Lipinski definition) is 2. The molecule has 0 aliphatic rings. The van der Waals surface area contributed by atoms with E-state index >= 15 is 0 Å². The summed E-state index contributed by atoms with van der Waals surface area (Å²) in [6, 6.07) is 0. The highest BCUT2D eigenvalue weighted by Gasteiger charge is 1.92. The number of rotatable bonds is 6. The van der Waals surface area contributed by atoms with Gasteiger partial charge in [0.2, 0.25) is 5.13 Å². The molecule has 0 bridgehead atoms. The second-order valence-electron chi connectivity index (χ2n) is 2.42. The Balaban J connectivity index is 1.96. The minimum Gasteiger partial charge on any atom is -0.359 e. The van der Waals surface area contributed by atoms with Crippen LogP contribution >= 0.6 is 11.5 Å². The fourth-order valence-corrected chi connectivity index (χ4v) is 1.27. The summed E-state index contributed by atoms with van der Waals surface area (Å²) >= 11 is 1.39. The van der Waals surface area contributed by atoms with Crippen molar-refractivity contribution < 1.29 is 0 Å². The molecule has 1 heterocycles. The third-order valence-electron chi connectivity index (χ3n) is 1.37. The highest BCUT2D eigenvalue weighted by molar-refractivity contribution is 7.09. The van der Waals surface area contributed by atoms with Gasteiger partial charge in [0.1, 0.15) is 6.33 Å². The summed E-state index contributed by atoms with van der Waals surface area (Å²) in [7, 11) is 0. The Morgan fingerprint density at radius 2 is 2.33 bits per heavy atom. The van der Waals surface area contributed by atoms with E-state index in [9.17, 15) is 0 Å². The minimum atomic E-state index is 0.897. The van der Waals surface area contributed by atoms with Gasteiger partial charge in [-0.15, -0.1) is 0 Å². The van der Waals surface area contributed by atoms with E-state index in [4.69, 9.17) is 0 Å². The predicted octanol–water partition coefficient (Wildman–Crippen LogP) is 0.950. The van der Waals surface area contributed by atoms with Crippen molar-refractivity contribution in [1.82, 2.24) is 14.7 Å². The fourth-order valence-electron chi connectivity index (χ4n) is 0.811. The third-order valence-corrected chi connectivity index (χ3v) is 1.99. The van der Waals surface area contributed by atoms with Crippen molar-refractivity contribution in [2.45, 2.75) is 13.3 Å². The van der Waals surface area contributed by atoms with E-state index < -0.39 is 0 Å². The van der Waals surface area contributed by atoms with Crippen molar-refractivity contribution in [1.29, 1.82) is 0 Å². The van der Waals surface area contributed by atoms with Crippen LogP contribution in [-0.4, -0.2) is 29.0 Å². The van der Waals surface area contributed by atoms with Crippen LogP contribution in [0.4, 0.5) is 5.13 Å². The standard InChI is InChI=1S/C7H14N4S/c1-2-3-8-4-5-9-7-10-6-11-12-7/h6,8H,2-5H2,1H3,(H,9,10,11). The molecule has 68 valence electrons. The van der Waals surface area contributed by atoms with E-state index in [2.05, 4.69) is 26.9 Å². The summed E-state index contributed by atoms with van der Waals surface area (Å²) in [6.07, 6.45) is 2.74. The Morgan fingerprint density at radius 3 is 3.00 bits per heavy atom. The van der Waals surface area contributed by atoms with Crippen LogP contribution in [0.5, 0.6) is 0 Å². The molecule has 0 atom stereocenters. The van der Waals surface area contributed by atoms with E-state index in [1.54, 1.807) is 6.33 Å². The molecule has 0 aliphatic carbocycles. The molecule has 0 spiro atoms. The summed E-state index contributed by atoms with van der Waals surface area (Å²) in [6.45, 7) is 5.13. The van der Waals surface area contributed by atoms with Crippen molar-refractivity contribution in [3.63, 3.8) is 0 Å². The Morgan fingerprint density at radius 1 is 1.42 bits per heavy atom. The first-order chi connectivity index (χ1) is 5.93. The number of aromatic nitrogens is 2. The lowest BCUT2D eigenvalue weighted by Crippen LogP contribution is -2.22. The van der Waals surface area contributed by atoms with Gasteiger partial charge in [-0.25, -0.2) is 4.98 Å². The van der Waals surface area contributed by atoms with Gasteiger partial charge in [0, 0.05) is 24.6 Å². The zero-order valence-corrected chi connectivity index (χ0v) is 8.02. The normalized spacial score (nSPS) is 10.1. The molecule has 2 N–H and O–H groups in total. The Bertz CT molecular complexity index is 187. The first-order valence-corrected chi connectivity index (χ1v) is 4.92. The molecule has 12 heavy (non-hydrogen) atoms. The fraction of sp³-hybridized carbons (Fsp3) is 0.714. The average molecular weight is 186 g/mol. The molecule has 0 aromatic carbocycles. The topological polar surface area (TPSA) is 49.8 Å². The number of hydrogen-bond acceptors (Lipinski definition) is 5. The van der Waals surface area contributed by atoms with Gasteiger partial charge in [0.25, 0.3) is 0 Å². The molecule has 0 radical (unpaired) electrons. The molecule has 0 unspecified atom stereocenters. The summed E-state index contributed by atoms with van der Waals surface area (Å²) in [5, 5.41) is 7.35. The van der Waals surface area contributed by atoms with Crippen molar-refractivity contribution in [2.24, 2.45) is 0 Å². The van der Waals surface area contributed by atoms with E-state index in [0.717, 1.165) is 24.8 Å². The SMILES string of the molecule is CCCNCCNc1ncns1. The maximum absolute atomic E-state index is 4.00. The van der Waals surface area contributed by atoms with Gasteiger partial charge in [-0.05, 0) is 13.0 Å². The van der Waals surface area contributed by atoms with Crippen molar-refractivity contribution >= 4 is 16.7 Å². The molecule has 1 aromatic heterocycles. The van der Waals surface area contributed by atoms with Gasteiger partial charge >= 0.3 is 0 Å². The number of nitrogens with zero attached hydrogens (tertiary/aromatic N) is 2. The van der Waals surface area contributed by atoms with E-state index in [0.29, 0.717) is 0 Å². The van der Waals surface area contributed by atoms with E-state index in [1.165, 1.54) is 18.0 Å². The molecule has 4 nitrogen and oxygen atoms in total. The third kappa shape index (κ3) is 3.64. The van der Waals surface area contributed by atoms with Gasteiger partial charge in [0.05, 0.1) is 0 Å². The van der Waals surface area contributed by atoms with Crippen LogP contribution in [0.2, 0.25) is 0 Å². The molecule has 0 saturated carbocycles. The van der Waals surface area contributed by atoms with Crippen LogP contribution in [-0.2, 0) is 0 Å². The van der Waals surface area contributed by atoms with Gasteiger partial charge in [0.15, 0.2) is 0 Å². The monoisotopic (exact) mass is 186 g/mol. The molecular formula is C7H14N4S. The lowest BCUT2D eigenvalue weighted by atomic mass is 10.5. The molecule has 0 amide bonds. The maximum atomic E-state index is 4.00. The van der Waals surface area contributed by atoms with Crippen molar-refractivity contribution in [3.8, 4) is 0 Å². The smallest absolute Gasteiger partial charge is 0.202 e. The van der Waals surface area contributed by atoms with Crippen LogP contribution in [0.3, 0.4) is 0 Å². The number of nitrogens with one attached hydrogen (secondary N) is 2. The maximum Gasteiger partial charge on any atom is 0.202 e. The van der Waals surface area contributed by atoms with Gasteiger partial charge in [-0.2, -0.15) is 4.37 Å². The van der Waals surface area contributed by atoms with Gasteiger partial charge < -0.3 is 10.6 Å². The molecular weight excluding hydrogens is 172 g/mol. The number of anilines is 1. The van der Waals surface area contributed by atoms with Crippen molar-refractivity contribution in [2.75, 3.05) is 25.0 Å². The summed E-state index contributed by atoms with van der Waals surface area (Å²) in [5.41, 5.74) is 0. The molecule has 0 aliphatic heterocycles. The zero-order chi connectivity index (χ0) is 8.65. The highest BCUT2D eigenvalue weighted by Crippen LogP contribution is 2.04. The quantitative estimate of drug-likeness (QED) is 0.649. The second kappa shape index (κ2) is 5.91. The van der Waals surface area contributed by atoms with Crippen LogP contribution in [0.15, 0.2) is 6.33 Å². The van der Waals surface area contributed by atoms with Crippen LogP contribution < -0.4 is 10.6 Å². The average Bonchev–Trinajstić information content (AvgIpc) is 2.57. The first kappa shape index (κ1) is 9.41. The molecule has 5 heteroatoms. The zero-order valence-electron chi connectivity index (χ0n) is 7.21. The van der Waals surface area contributed by atoms with Crippen molar-refractivity contribution in [3.05, 3.63) is 6.33 Å². The summed E-state index contributed by atoms with van der Waals surface area (Å²) in [4.78, 5) is 4.00. The Kier molecular flexibility index (Phi) is 4.63. The van der Waals surface area contributed by atoms with Crippen LogP contribution in [0.1, 0.15) is 13.3 Å². The highest BCUT2D eigenvalue weighted by atomic mass is 32.1. The van der Waals surface area contributed by atoms with Crippen LogP contribution in [0, 0.1) is 0 Å². The van der Waals surface area contributed by atoms with E-state index in [1.807, 2.05) is 0 Å². The lowest BCUT2D eigenvalue weighted by molar-refractivity contribution is 0.687. The molecule has 0 fully saturated rings. The van der Waals surface area contributed by atoms with Gasteiger partial charge in [-0.3, -0.25) is 0 Å². The first-order valence-electron chi connectivity index (χ1n) is 4.14. The molecule has 0 saturated heterocycles. The summed E-state index contributed by atoms with van der Waals surface area (Å²) in [5.74, 6) is 0. The lowest BCUT2D eigenvalue weighted by Gasteiger charge is -2.02.